The molecule has 1 aliphatic rings. The van der Waals surface area contributed by atoms with E-state index < -0.39 is 0 Å². The largest absolute Gasteiger partial charge is 0.384 e. The van der Waals surface area contributed by atoms with Crippen LogP contribution in [0.4, 0.5) is 10.1 Å². The zero-order chi connectivity index (χ0) is 17.6. The average Bonchev–Trinajstić information content (AvgIpc) is 2.61. The zero-order valence-corrected chi connectivity index (χ0v) is 16.9. The molecule has 1 saturated heterocycles. The Morgan fingerprint density at radius 3 is 2.35 bits per heavy atom. The first kappa shape index (κ1) is 21.3. The summed E-state index contributed by atoms with van der Waals surface area (Å²) in [6.07, 6.45) is 3.45. The van der Waals surface area contributed by atoms with Crippen LogP contribution in [0.15, 0.2) is 42.5 Å². The molecular weight excluding hydrogens is 394 g/mol. The van der Waals surface area contributed by atoms with E-state index in [0.717, 1.165) is 38.3 Å². The van der Waals surface area contributed by atoms with E-state index in [9.17, 15) is 4.39 Å². The number of benzene rings is 2. The number of piperidine rings is 1. The van der Waals surface area contributed by atoms with Crippen molar-refractivity contribution >= 4 is 41.3 Å². The summed E-state index contributed by atoms with van der Waals surface area (Å²) in [6.45, 7) is 4.15. The highest BCUT2D eigenvalue weighted by Crippen LogP contribution is 2.25. The Morgan fingerprint density at radius 2 is 1.69 bits per heavy atom. The number of rotatable bonds is 6. The van der Waals surface area contributed by atoms with Crippen LogP contribution in [0.5, 0.6) is 0 Å². The van der Waals surface area contributed by atoms with Crippen LogP contribution in [0.1, 0.15) is 18.4 Å². The smallest absolute Gasteiger partial charge is 0.123 e. The molecule has 0 aliphatic carbocycles. The molecule has 1 fully saturated rings. The van der Waals surface area contributed by atoms with E-state index in [-0.39, 0.29) is 18.2 Å². The van der Waals surface area contributed by atoms with Crippen molar-refractivity contribution in [2.75, 3.05) is 31.5 Å². The highest BCUT2D eigenvalue weighted by molar-refractivity contribution is 6.42. The van der Waals surface area contributed by atoms with Gasteiger partial charge in [-0.3, -0.25) is 0 Å². The van der Waals surface area contributed by atoms with Crippen LogP contribution in [0.3, 0.4) is 0 Å². The third kappa shape index (κ3) is 6.31. The zero-order valence-electron chi connectivity index (χ0n) is 14.6. The second-order valence-electron chi connectivity index (χ2n) is 6.67. The maximum Gasteiger partial charge on any atom is 0.123 e. The second-order valence-corrected chi connectivity index (χ2v) is 7.49. The van der Waals surface area contributed by atoms with Gasteiger partial charge in [0, 0.05) is 18.8 Å². The van der Waals surface area contributed by atoms with Crippen LogP contribution in [-0.2, 0) is 6.42 Å². The van der Waals surface area contributed by atoms with E-state index in [4.69, 9.17) is 23.2 Å². The molecule has 0 bridgehead atoms. The lowest BCUT2D eigenvalue weighted by atomic mass is 9.90. The van der Waals surface area contributed by atoms with Gasteiger partial charge in [0.1, 0.15) is 5.82 Å². The highest BCUT2D eigenvalue weighted by atomic mass is 35.5. The van der Waals surface area contributed by atoms with Crippen molar-refractivity contribution in [2.45, 2.75) is 19.3 Å². The Bertz CT molecular complexity index is 686. The summed E-state index contributed by atoms with van der Waals surface area (Å²) in [5.41, 5.74) is 2.24. The number of nitrogens with zero attached hydrogens (tertiary/aromatic N) is 1. The SMILES string of the molecule is Cl.Fc1ccc(CC2CCN(CCNc3ccc(Cl)c(Cl)c3)CC2)cc1. The fraction of sp³-hybridized carbons (Fsp3) is 0.400. The van der Waals surface area contributed by atoms with Crippen molar-refractivity contribution in [3.8, 4) is 0 Å². The molecule has 0 saturated carbocycles. The van der Waals surface area contributed by atoms with Crippen LogP contribution in [0, 0.1) is 11.7 Å². The average molecular weight is 418 g/mol. The van der Waals surface area contributed by atoms with Gasteiger partial charge in [-0.25, -0.2) is 4.39 Å². The van der Waals surface area contributed by atoms with Crippen molar-refractivity contribution in [3.05, 3.63) is 63.9 Å². The minimum Gasteiger partial charge on any atom is -0.384 e. The number of nitrogens with one attached hydrogen (secondary N) is 1. The van der Waals surface area contributed by atoms with Crippen LogP contribution < -0.4 is 5.32 Å². The molecule has 142 valence electrons. The third-order valence-electron chi connectivity index (χ3n) is 4.82. The number of hydrogen-bond acceptors (Lipinski definition) is 2. The molecule has 1 aliphatic heterocycles. The summed E-state index contributed by atoms with van der Waals surface area (Å²) in [6, 6.07) is 12.5. The molecular formula is C20H24Cl3FN2. The van der Waals surface area contributed by atoms with Gasteiger partial charge in [-0.2, -0.15) is 0 Å². The molecule has 1 N–H and O–H groups in total. The fourth-order valence-electron chi connectivity index (χ4n) is 3.33. The summed E-state index contributed by atoms with van der Waals surface area (Å²) in [5, 5.41) is 4.55. The number of anilines is 1. The molecule has 6 heteroatoms. The fourth-order valence-corrected chi connectivity index (χ4v) is 3.63. The predicted molar refractivity (Wildman–Crippen MR) is 111 cm³/mol. The molecule has 0 atom stereocenters. The summed E-state index contributed by atoms with van der Waals surface area (Å²) in [7, 11) is 0. The second kappa shape index (κ2) is 10.4. The van der Waals surface area contributed by atoms with Crippen molar-refractivity contribution in [2.24, 2.45) is 5.92 Å². The van der Waals surface area contributed by atoms with Crippen molar-refractivity contribution in [1.82, 2.24) is 4.90 Å². The van der Waals surface area contributed by atoms with E-state index in [1.165, 1.54) is 18.4 Å². The summed E-state index contributed by atoms with van der Waals surface area (Å²) < 4.78 is 13.0. The lowest BCUT2D eigenvalue weighted by molar-refractivity contribution is 0.190. The lowest BCUT2D eigenvalue weighted by Gasteiger charge is -2.32. The van der Waals surface area contributed by atoms with Gasteiger partial charge >= 0.3 is 0 Å². The van der Waals surface area contributed by atoms with Gasteiger partial charge in [-0.15, -0.1) is 12.4 Å². The van der Waals surface area contributed by atoms with Gasteiger partial charge < -0.3 is 10.2 Å². The van der Waals surface area contributed by atoms with E-state index in [1.54, 1.807) is 12.1 Å². The van der Waals surface area contributed by atoms with E-state index >= 15 is 0 Å². The number of halogens is 4. The normalized spacial score (nSPS) is 15.5. The molecule has 0 radical (unpaired) electrons. The molecule has 0 aromatic heterocycles. The maximum absolute atomic E-state index is 13.0. The van der Waals surface area contributed by atoms with E-state index in [0.29, 0.717) is 16.0 Å². The minimum absolute atomic E-state index is 0. The molecule has 3 rings (SSSR count). The first-order valence-electron chi connectivity index (χ1n) is 8.76. The Hall–Kier alpha value is -1.00. The van der Waals surface area contributed by atoms with Gasteiger partial charge in [0.05, 0.1) is 10.0 Å². The Morgan fingerprint density at radius 1 is 1.00 bits per heavy atom. The van der Waals surface area contributed by atoms with Crippen molar-refractivity contribution in [3.63, 3.8) is 0 Å². The third-order valence-corrected chi connectivity index (χ3v) is 5.56. The molecule has 2 aromatic rings. The summed E-state index contributed by atoms with van der Waals surface area (Å²) in [4.78, 5) is 2.49. The first-order valence-corrected chi connectivity index (χ1v) is 9.51. The topological polar surface area (TPSA) is 15.3 Å². The highest BCUT2D eigenvalue weighted by Gasteiger charge is 2.19. The van der Waals surface area contributed by atoms with Gasteiger partial charge in [-0.1, -0.05) is 35.3 Å². The standard InChI is InChI=1S/C20H23Cl2FN2.ClH/c21-19-6-5-18(14-20(19)22)24-9-12-25-10-7-16(8-11-25)13-15-1-3-17(23)4-2-15;/h1-6,14,16,24H,7-13H2;1H. The number of likely N-dealkylation sites (tertiary alicyclic amines) is 1. The van der Waals surface area contributed by atoms with Crippen LogP contribution in [-0.4, -0.2) is 31.1 Å². The Balaban J connectivity index is 0.00000243. The van der Waals surface area contributed by atoms with E-state index in [2.05, 4.69) is 10.2 Å². The monoisotopic (exact) mass is 416 g/mol. The van der Waals surface area contributed by atoms with Gasteiger partial charge in [0.15, 0.2) is 0 Å². The first-order chi connectivity index (χ1) is 12.1. The Labute approximate surface area is 171 Å². The van der Waals surface area contributed by atoms with Crippen LogP contribution >= 0.6 is 35.6 Å². The Kier molecular flexibility index (Phi) is 8.49. The molecule has 2 nitrogen and oxygen atoms in total. The van der Waals surface area contributed by atoms with E-state index in [1.807, 2.05) is 30.3 Å². The summed E-state index contributed by atoms with van der Waals surface area (Å²) in [5.74, 6) is 0.540. The van der Waals surface area contributed by atoms with Crippen LogP contribution in [0.25, 0.3) is 0 Å². The van der Waals surface area contributed by atoms with Gasteiger partial charge in [0.2, 0.25) is 0 Å². The minimum atomic E-state index is -0.159. The predicted octanol–water partition coefficient (Wildman–Crippen LogP) is 5.92. The number of hydrogen-bond donors (Lipinski definition) is 1. The molecule has 0 spiro atoms. The molecule has 0 unspecified atom stereocenters. The lowest BCUT2D eigenvalue weighted by Crippen LogP contribution is -2.37. The molecule has 2 aromatic carbocycles. The molecule has 26 heavy (non-hydrogen) atoms. The summed E-state index contributed by atoms with van der Waals surface area (Å²) >= 11 is 12.0. The van der Waals surface area contributed by atoms with Crippen molar-refractivity contribution < 1.29 is 4.39 Å². The molecule has 1 heterocycles. The quantitative estimate of drug-likeness (QED) is 0.627. The van der Waals surface area contributed by atoms with Gasteiger partial charge in [0.25, 0.3) is 0 Å². The van der Waals surface area contributed by atoms with Crippen LogP contribution in [0.2, 0.25) is 10.0 Å². The van der Waals surface area contributed by atoms with Crippen molar-refractivity contribution in [1.29, 1.82) is 0 Å². The maximum atomic E-state index is 13.0. The molecule has 0 amide bonds. The van der Waals surface area contributed by atoms with Gasteiger partial charge in [-0.05, 0) is 74.2 Å².